The summed E-state index contributed by atoms with van der Waals surface area (Å²) in [5, 5.41) is 8.64. The van der Waals surface area contributed by atoms with Crippen molar-refractivity contribution in [2.45, 2.75) is 119 Å². The molecule has 0 saturated carbocycles. The van der Waals surface area contributed by atoms with Crippen LogP contribution in [0.3, 0.4) is 0 Å². The quantitative estimate of drug-likeness (QED) is 0.0536. The first-order chi connectivity index (χ1) is 33.7. The number of aromatic amines is 1. The summed E-state index contributed by atoms with van der Waals surface area (Å²) >= 11 is 0.992. The predicted octanol–water partition coefficient (Wildman–Crippen LogP) is 5.98. The number of nitrogens with zero attached hydrogens (tertiary/aromatic N) is 5. The molecule has 2 unspecified atom stereocenters. The number of anilines is 3. The summed E-state index contributed by atoms with van der Waals surface area (Å²) < 4.78 is 32.6. The van der Waals surface area contributed by atoms with Gasteiger partial charge in [-0.2, -0.15) is 4.37 Å². The van der Waals surface area contributed by atoms with Crippen LogP contribution in [0.2, 0.25) is 0 Å². The molecule has 1 saturated heterocycles. The highest BCUT2D eigenvalue weighted by atomic mass is 32.1. The highest BCUT2D eigenvalue weighted by Gasteiger charge is 2.38. The number of fused-ring (bicyclic) bond motifs is 1. The number of esters is 1. The summed E-state index contributed by atoms with van der Waals surface area (Å²) in [6.07, 6.45) is 4.31. The first-order valence-electron chi connectivity index (χ1n) is 24.5. The SMILES string of the molecule is CCCC(C(=O)COC(C)(CC)C(C)=O)N(C[C@@H](COc1nsnc1N1CCOCC1)OC(=O)/C=C\C(=O)Nc1ccc2c(c1)/C(=C/c1[nH]c(C)c(C(=O)NCCN(CC)CC)c1C)C(=O)N2)C(C)(C)C. The Balaban J connectivity index is 1.33. The van der Waals surface area contributed by atoms with Gasteiger partial charge in [0, 0.05) is 78.7 Å². The van der Waals surface area contributed by atoms with Crippen LogP contribution < -0.4 is 25.6 Å². The zero-order valence-electron chi connectivity index (χ0n) is 43.2. The maximum atomic E-state index is 14.0. The summed E-state index contributed by atoms with van der Waals surface area (Å²) in [4.78, 5) is 89.5. The third-order valence-corrected chi connectivity index (χ3v) is 13.5. The second kappa shape index (κ2) is 25.5. The van der Waals surface area contributed by atoms with E-state index in [1.54, 1.807) is 31.2 Å². The van der Waals surface area contributed by atoms with Gasteiger partial charge in [-0.05, 0) is 104 Å². The van der Waals surface area contributed by atoms with Crippen molar-refractivity contribution in [2.75, 3.05) is 87.8 Å². The molecule has 0 bridgehead atoms. The average Bonchev–Trinajstić information content (AvgIpc) is 4.02. The number of benzene rings is 1. The summed E-state index contributed by atoms with van der Waals surface area (Å²) in [5.74, 6) is -1.60. The smallest absolute Gasteiger partial charge is 0.331 e. The maximum absolute atomic E-state index is 14.0. The number of carbonyl (C=O) groups is 6. The van der Waals surface area contributed by atoms with Crippen LogP contribution in [-0.2, 0) is 38.2 Å². The second-order valence-electron chi connectivity index (χ2n) is 18.9. The lowest BCUT2D eigenvalue weighted by Gasteiger charge is -2.42. The molecule has 20 heteroatoms. The molecular formula is C51H73N9O10S. The number of nitrogens with one attached hydrogen (secondary N) is 4. The number of ketones is 2. The van der Waals surface area contributed by atoms with Crippen LogP contribution in [-0.4, -0.2) is 154 Å². The van der Waals surface area contributed by atoms with Crippen LogP contribution in [0.25, 0.3) is 11.6 Å². The van der Waals surface area contributed by atoms with Gasteiger partial charge >= 0.3 is 5.97 Å². The molecule has 0 radical (unpaired) electrons. The van der Waals surface area contributed by atoms with Crippen molar-refractivity contribution in [3.05, 3.63) is 58.4 Å². The topological polar surface area (TPSA) is 227 Å². The number of amides is 3. The zero-order valence-corrected chi connectivity index (χ0v) is 44.1. The Bertz CT molecular complexity index is 2430. The Morgan fingerprint density at radius 3 is 2.38 bits per heavy atom. The standard InChI is InChI=1S/C51H73N9O10S/c1-12-16-41(42(62)31-69-51(11,13-2)34(7)61)60(50(8,9)10)29-36(30-68-49-46(56-71-57-49)59-23-25-67-26-24-59)70-44(64)20-19-43(63)54-35-17-18-39-37(27-35)38(47(65)55-39)28-40-32(5)45(33(6)53-40)48(66)52-21-22-58(14-3)15-4/h17-20,27-28,36,41,53H,12-16,21-26,29-31H2,1-11H3,(H,52,66)(H,54,63)(H,55,65)/b20-19-,38-28-/t36-,41?,51?/m0/s1. The number of Topliss-reactive ketones (excluding diaryl/α,β-unsaturated/α-hetero) is 2. The lowest BCUT2D eigenvalue weighted by Crippen LogP contribution is -2.56. The van der Waals surface area contributed by atoms with Crippen molar-refractivity contribution in [3.63, 3.8) is 0 Å². The van der Waals surface area contributed by atoms with Gasteiger partial charge in [0.1, 0.15) is 24.9 Å². The van der Waals surface area contributed by atoms with Crippen molar-refractivity contribution >= 4 is 75.8 Å². The predicted molar refractivity (Wildman–Crippen MR) is 275 cm³/mol. The van der Waals surface area contributed by atoms with Crippen molar-refractivity contribution in [1.82, 2.24) is 28.8 Å². The van der Waals surface area contributed by atoms with Gasteiger partial charge in [0.2, 0.25) is 11.7 Å². The third kappa shape index (κ3) is 14.9. The lowest BCUT2D eigenvalue weighted by molar-refractivity contribution is -0.151. The highest BCUT2D eigenvalue weighted by Crippen LogP contribution is 2.36. The first-order valence-corrected chi connectivity index (χ1v) is 25.3. The molecule has 0 spiro atoms. The fourth-order valence-electron chi connectivity index (χ4n) is 8.46. The molecule has 2 aliphatic rings. The number of aryl methyl sites for hydroxylation is 1. The molecule has 5 rings (SSSR count). The molecule has 4 heterocycles. The Kier molecular flexibility index (Phi) is 20.2. The number of rotatable bonds is 26. The van der Waals surface area contributed by atoms with E-state index in [0.717, 1.165) is 43.5 Å². The van der Waals surface area contributed by atoms with Crippen LogP contribution in [0.5, 0.6) is 5.88 Å². The number of aromatic nitrogens is 3. The summed E-state index contributed by atoms with van der Waals surface area (Å²) in [6.45, 7) is 25.5. The van der Waals surface area contributed by atoms with Gasteiger partial charge in [0.15, 0.2) is 11.6 Å². The maximum Gasteiger partial charge on any atom is 0.331 e. The monoisotopic (exact) mass is 1000 g/mol. The highest BCUT2D eigenvalue weighted by molar-refractivity contribution is 6.99. The van der Waals surface area contributed by atoms with Gasteiger partial charge < -0.3 is 49.7 Å². The van der Waals surface area contributed by atoms with Crippen LogP contribution >= 0.6 is 11.7 Å². The van der Waals surface area contributed by atoms with E-state index in [1.165, 1.54) is 6.92 Å². The van der Waals surface area contributed by atoms with Gasteiger partial charge in [-0.15, -0.1) is 4.37 Å². The van der Waals surface area contributed by atoms with E-state index < -0.39 is 35.2 Å². The van der Waals surface area contributed by atoms with E-state index in [0.29, 0.717) is 103 Å². The van der Waals surface area contributed by atoms with E-state index in [2.05, 4.69) is 48.4 Å². The zero-order chi connectivity index (χ0) is 52.0. The number of morpholine rings is 1. The van der Waals surface area contributed by atoms with E-state index >= 15 is 0 Å². The molecule has 3 aromatic rings. The minimum absolute atomic E-state index is 0.0542. The molecule has 2 aromatic heterocycles. The molecule has 3 amide bonds. The van der Waals surface area contributed by atoms with Gasteiger partial charge in [-0.25, -0.2) is 4.79 Å². The number of hydrogen-bond donors (Lipinski definition) is 4. The Morgan fingerprint density at radius 1 is 1.01 bits per heavy atom. The van der Waals surface area contributed by atoms with Gasteiger partial charge in [-0.3, -0.25) is 28.9 Å². The minimum Gasteiger partial charge on any atom is -0.470 e. The van der Waals surface area contributed by atoms with E-state index in [4.69, 9.17) is 18.9 Å². The summed E-state index contributed by atoms with van der Waals surface area (Å²) in [6, 6.07) is 4.29. The number of H-pyrrole nitrogens is 1. The minimum atomic E-state index is -1.11. The average molecular weight is 1000 g/mol. The molecule has 2 aliphatic heterocycles. The first kappa shape index (κ1) is 56.1. The summed E-state index contributed by atoms with van der Waals surface area (Å²) in [7, 11) is 0. The third-order valence-electron chi connectivity index (χ3n) is 13.0. The van der Waals surface area contributed by atoms with E-state index in [9.17, 15) is 28.8 Å². The van der Waals surface area contributed by atoms with Gasteiger partial charge in [-0.1, -0.05) is 34.1 Å². The molecular weight excluding hydrogens is 931 g/mol. The largest absolute Gasteiger partial charge is 0.470 e. The Hall–Kier alpha value is -5.80. The number of carbonyl (C=O) groups excluding carboxylic acids is 6. The fourth-order valence-corrected chi connectivity index (χ4v) is 8.98. The molecule has 71 heavy (non-hydrogen) atoms. The van der Waals surface area contributed by atoms with Crippen LogP contribution in [0.1, 0.15) is 114 Å². The van der Waals surface area contributed by atoms with Crippen LogP contribution in [0.15, 0.2) is 30.4 Å². The van der Waals surface area contributed by atoms with E-state index in [1.807, 2.05) is 58.3 Å². The van der Waals surface area contributed by atoms with Crippen molar-refractivity contribution in [2.24, 2.45) is 0 Å². The molecule has 1 fully saturated rings. The van der Waals surface area contributed by atoms with Gasteiger partial charge in [0.05, 0.1) is 42.1 Å². The van der Waals surface area contributed by atoms with Crippen molar-refractivity contribution < 1.29 is 47.7 Å². The molecule has 1 aromatic carbocycles. The summed E-state index contributed by atoms with van der Waals surface area (Å²) in [5.41, 5.74) is 2.53. The van der Waals surface area contributed by atoms with Crippen molar-refractivity contribution in [1.29, 1.82) is 0 Å². The molecule has 388 valence electrons. The Labute approximate surface area is 421 Å². The van der Waals surface area contributed by atoms with Crippen molar-refractivity contribution in [3.8, 4) is 5.88 Å². The fraction of sp³-hybridized carbons (Fsp3) is 0.569. The normalized spacial score (nSPS) is 16.2. The molecule has 19 nitrogen and oxygen atoms in total. The van der Waals surface area contributed by atoms with E-state index in [-0.39, 0.29) is 49.0 Å². The Morgan fingerprint density at radius 2 is 1.73 bits per heavy atom. The van der Waals surface area contributed by atoms with Crippen LogP contribution in [0, 0.1) is 13.8 Å². The molecule has 3 atom stereocenters. The number of hydrogen-bond acceptors (Lipinski definition) is 16. The van der Waals surface area contributed by atoms with Crippen LogP contribution in [0.4, 0.5) is 17.2 Å². The molecule has 0 aliphatic carbocycles. The second-order valence-corrected chi connectivity index (χ2v) is 19.5. The lowest BCUT2D eigenvalue weighted by atomic mass is 9.95. The molecule has 4 N–H and O–H groups in total. The number of ether oxygens (including phenoxy) is 4. The number of likely N-dealkylation sites (N-methyl/N-ethyl adjacent to an activating group) is 1. The van der Waals surface area contributed by atoms with Gasteiger partial charge in [0.25, 0.3) is 17.7 Å².